The van der Waals surface area contributed by atoms with Gasteiger partial charge in [0.05, 0.1) is 0 Å². The van der Waals surface area contributed by atoms with Gasteiger partial charge >= 0.3 is 0 Å². The summed E-state index contributed by atoms with van der Waals surface area (Å²) in [6, 6.07) is 6.83. The minimum atomic E-state index is 1.27. The topological polar surface area (TPSA) is 0 Å². The van der Waals surface area contributed by atoms with Crippen LogP contribution in [0.15, 0.2) is 18.2 Å². The molecule has 1 heteroatoms. The molecule has 0 bridgehead atoms. The third-order valence-electron chi connectivity index (χ3n) is 3.59. The molecular formula is C16H27B. The average Bonchev–Trinajstić information content (AvgIpc) is 2.33. The molecule has 1 aromatic rings. The highest BCUT2D eigenvalue weighted by atomic mass is 14.1. The second kappa shape index (κ2) is 8.39. The van der Waals surface area contributed by atoms with Gasteiger partial charge in [-0.05, 0) is 31.2 Å². The normalized spacial score (nSPS) is 10.7. The van der Waals surface area contributed by atoms with Gasteiger partial charge in [-0.25, -0.2) is 0 Å². The van der Waals surface area contributed by atoms with Crippen molar-refractivity contribution in [2.45, 2.75) is 65.2 Å². The van der Waals surface area contributed by atoms with Gasteiger partial charge in [-0.1, -0.05) is 68.8 Å². The summed E-state index contributed by atoms with van der Waals surface area (Å²) in [4.78, 5) is 0. The molecule has 0 fully saturated rings. The Morgan fingerprint density at radius 1 is 0.882 bits per heavy atom. The maximum Gasteiger partial charge on any atom is 0.139 e. The largest absolute Gasteiger partial charge is 0.139 e. The van der Waals surface area contributed by atoms with Gasteiger partial charge in [-0.2, -0.15) is 0 Å². The van der Waals surface area contributed by atoms with E-state index in [1.165, 1.54) is 56.8 Å². The third kappa shape index (κ3) is 4.98. The van der Waals surface area contributed by atoms with Crippen LogP contribution in [0.2, 0.25) is 0 Å². The van der Waals surface area contributed by atoms with Crippen LogP contribution in [-0.4, -0.2) is 7.85 Å². The van der Waals surface area contributed by atoms with Crippen LogP contribution in [0.3, 0.4) is 0 Å². The standard InChI is InChI=1S/C16H27B/c1-3-5-7-10-14-11-9-13-16(17)15(14)12-8-6-4-2/h9,11,13H,3-8,10,12,17H2,1-2H3. The number of rotatable bonds is 8. The molecule has 17 heavy (non-hydrogen) atoms. The summed E-state index contributed by atoms with van der Waals surface area (Å²) in [5, 5.41) is 0. The SMILES string of the molecule is Bc1cccc(CCCCC)c1CCCCC. The third-order valence-corrected chi connectivity index (χ3v) is 3.59. The van der Waals surface area contributed by atoms with Crippen LogP contribution in [0, 0.1) is 0 Å². The molecule has 0 amide bonds. The van der Waals surface area contributed by atoms with Crippen LogP contribution in [0.4, 0.5) is 0 Å². The molecule has 1 rings (SSSR count). The molecule has 0 atom stereocenters. The van der Waals surface area contributed by atoms with Crippen LogP contribution < -0.4 is 5.46 Å². The first-order valence-electron chi connectivity index (χ1n) is 7.37. The summed E-state index contributed by atoms with van der Waals surface area (Å²) >= 11 is 0. The lowest BCUT2D eigenvalue weighted by Gasteiger charge is -2.12. The Balaban J connectivity index is 2.63. The summed E-state index contributed by atoms with van der Waals surface area (Å²) in [6.45, 7) is 4.55. The second-order valence-corrected chi connectivity index (χ2v) is 5.13. The van der Waals surface area contributed by atoms with Gasteiger partial charge in [0, 0.05) is 0 Å². The van der Waals surface area contributed by atoms with Gasteiger partial charge in [0.15, 0.2) is 0 Å². The fourth-order valence-corrected chi connectivity index (χ4v) is 2.47. The Labute approximate surface area is 108 Å². The zero-order chi connectivity index (χ0) is 12.5. The lowest BCUT2D eigenvalue weighted by molar-refractivity contribution is 0.695. The predicted octanol–water partition coefficient (Wildman–Crippen LogP) is 3.41. The molecule has 0 aliphatic rings. The monoisotopic (exact) mass is 230 g/mol. The first-order valence-corrected chi connectivity index (χ1v) is 7.37. The van der Waals surface area contributed by atoms with Gasteiger partial charge in [0.2, 0.25) is 0 Å². The van der Waals surface area contributed by atoms with E-state index in [1.54, 1.807) is 11.1 Å². The molecule has 0 unspecified atom stereocenters. The number of benzene rings is 1. The first kappa shape index (κ1) is 14.3. The lowest BCUT2D eigenvalue weighted by atomic mass is 9.84. The highest BCUT2D eigenvalue weighted by Gasteiger charge is 2.04. The van der Waals surface area contributed by atoms with E-state index in [9.17, 15) is 0 Å². The minimum absolute atomic E-state index is 1.27. The molecule has 0 saturated heterocycles. The summed E-state index contributed by atoms with van der Waals surface area (Å²) in [5.74, 6) is 0. The van der Waals surface area contributed by atoms with Crippen LogP contribution >= 0.6 is 0 Å². The molecule has 0 N–H and O–H groups in total. The van der Waals surface area contributed by atoms with E-state index in [0.717, 1.165) is 0 Å². The molecule has 0 saturated carbocycles. The van der Waals surface area contributed by atoms with Crippen molar-refractivity contribution in [1.29, 1.82) is 0 Å². The van der Waals surface area contributed by atoms with Crippen LogP contribution in [0.5, 0.6) is 0 Å². The van der Waals surface area contributed by atoms with Gasteiger partial charge in [-0.3, -0.25) is 0 Å². The van der Waals surface area contributed by atoms with E-state index in [0.29, 0.717) is 0 Å². The van der Waals surface area contributed by atoms with Gasteiger partial charge in [-0.15, -0.1) is 0 Å². The minimum Gasteiger partial charge on any atom is -0.0856 e. The molecule has 0 aromatic heterocycles. The van der Waals surface area contributed by atoms with Crippen molar-refractivity contribution < 1.29 is 0 Å². The quantitative estimate of drug-likeness (QED) is 0.474. The molecule has 0 aliphatic carbocycles. The zero-order valence-electron chi connectivity index (χ0n) is 11.9. The van der Waals surface area contributed by atoms with E-state index in [2.05, 4.69) is 39.9 Å². The first-order chi connectivity index (χ1) is 8.29. The smallest absolute Gasteiger partial charge is 0.0856 e. The lowest BCUT2D eigenvalue weighted by Crippen LogP contribution is -2.13. The van der Waals surface area contributed by atoms with E-state index in [-0.39, 0.29) is 0 Å². The molecule has 0 aliphatic heterocycles. The molecule has 1 aromatic carbocycles. The van der Waals surface area contributed by atoms with Crippen molar-refractivity contribution in [3.63, 3.8) is 0 Å². The van der Waals surface area contributed by atoms with Gasteiger partial charge in [0.25, 0.3) is 0 Å². The maximum atomic E-state index is 2.34. The van der Waals surface area contributed by atoms with E-state index >= 15 is 0 Å². The Kier molecular flexibility index (Phi) is 7.08. The molecule has 0 nitrogen and oxygen atoms in total. The summed E-state index contributed by atoms with van der Waals surface area (Å²) in [6.07, 6.45) is 10.6. The highest BCUT2D eigenvalue weighted by molar-refractivity contribution is 6.33. The van der Waals surface area contributed by atoms with Gasteiger partial charge in [0.1, 0.15) is 7.85 Å². The number of aryl methyl sites for hydroxylation is 1. The van der Waals surface area contributed by atoms with E-state index < -0.39 is 0 Å². The molecule has 0 spiro atoms. The van der Waals surface area contributed by atoms with Crippen molar-refractivity contribution in [2.75, 3.05) is 0 Å². The van der Waals surface area contributed by atoms with Crippen LogP contribution in [0.1, 0.15) is 63.5 Å². The Bertz CT molecular complexity index is 317. The fraction of sp³-hybridized carbons (Fsp3) is 0.625. The number of hydrogen-bond donors (Lipinski definition) is 0. The number of hydrogen-bond acceptors (Lipinski definition) is 0. The maximum absolute atomic E-state index is 2.34. The van der Waals surface area contributed by atoms with Crippen molar-refractivity contribution in [3.05, 3.63) is 29.3 Å². The van der Waals surface area contributed by atoms with Gasteiger partial charge < -0.3 is 0 Å². The molecular weight excluding hydrogens is 203 g/mol. The average molecular weight is 230 g/mol. The molecule has 0 radical (unpaired) electrons. The van der Waals surface area contributed by atoms with Crippen molar-refractivity contribution in [2.24, 2.45) is 0 Å². The fourth-order valence-electron chi connectivity index (χ4n) is 2.47. The molecule has 94 valence electrons. The van der Waals surface area contributed by atoms with E-state index in [1.807, 2.05) is 0 Å². The van der Waals surface area contributed by atoms with Crippen LogP contribution in [-0.2, 0) is 12.8 Å². The zero-order valence-corrected chi connectivity index (χ0v) is 11.9. The summed E-state index contributed by atoms with van der Waals surface area (Å²) in [7, 11) is 2.27. The van der Waals surface area contributed by atoms with Crippen molar-refractivity contribution in [1.82, 2.24) is 0 Å². The Morgan fingerprint density at radius 2 is 1.53 bits per heavy atom. The summed E-state index contributed by atoms with van der Waals surface area (Å²) < 4.78 is 0. The Morgan fingerprint density at radius 3 is 2.18 bits per heavy atom. The van der Waals surface area contributed by atoms with Crippen molar-refractivity contribution >= 4 is 13.3 Å². The second-order valence-electron chi connectivity index (χ2n) is 5.13. The highest BCUT2D eigenvalue weighted by Crippen LogP contribution is 2.14. The Hall–Kier alpha value is -0.715. The predicted molar refractivity (Wildman–Crippen MR) is 81.1 cm³/mol. The van der Waals surface area contributed by atoms with E-state index in [4.69, 9.17) is 0 Å². The summed E-state index contributed by atoms with van der Waals surface area (Å²) in [5.41, 5.74) is 4.74. The number of unbranched alkanes of at least 4 members (excludes halogenated alkanes) is 4. The van der Waals surface area contributed by atoms with Crippen LogP contribution in [0.25, 0.3) is 0 Å². The van der Waals surface area contributed by atoms with Crippen molar-refractivity contribution in [3.8, 4) is 0 Å². The molecule has 0 heterocycles.